The Kier molecular flexibility index (Phi) is 2.03. The lowest BCUT2D eigenvalue weighted by molar-refractivity contribution is 0.600. The second-order valence-electron chi connectivity index (χ2n) is 4.09. The molecular weight excluding hydrogens is 238 g/mol. The molecule has 0 amide bonds. The Balaban J connectivity index is 2.21. The third kappa shape index (κ3) is 1.52. The lowest BCUT2D eigenvalue weighted by atomic mass is 10.1. The number of nitrogen functional groups attached to an aromatic ring is 1. The highest BCUT2D eigenvalue weighted by atomic mass is 32.2. The van der Waals surface area contributed by atoms with Crippen LogP contribution < -0.4 is 5.73 Å². The molecule has 2 aromatic rings. The summed E-state index contributed by atoms with van der Waals surface area (Å²) in [6.45, 7) is 0. The first-order valence-electron chi connectivity index (χ1n) is 5.23. The van der Waals surface area contributed by atoms with E-state index in [4.69, 9.17) is 5.73 Å². The van der Waals surface area contributed by atoms with Crippen LogP contribution in [0.5, 0.6) is 0 Å². The summed E-state index contributed by atoms with van der Waals surface area (Å²) in [5.41, 5.74) is 8.11. The molecule has 0 unspecified atom stereocenters. The summed E-state index contributed by atoms with van der Waals surface area (Å²) in [5.74, 6) is 0.646. The second-order valence-corrected chi connectivity index (χ2v) is 6.17. The van der Waals surface area contributed by atoms with E-state index in [9.17, 15) is 8.42 Å². The Morgan fingerprint density at radius 2 is 2.18 bits per heavy atom. The number of H-pyrrole nitrogens is 1. The van der Waals surface area contributed by atoms with E-state index in [0.29, 0.717) is 17.1 Å². The van der Waals surface area contributed by atoms with Crippen LogP contribution in [0.15, 0.2) is 29.3 Å². The minimum atomic E-state index is -3.10. The highest BCUT2D eigenvalue weighted by molar-refractivity contribution is 7.91. The van der Waals surface area contributed by atoms with Crippen molar-refractivity contribution in [1.82, 2.24) is 10.2 Å². The number of fused-ring (bicyclic) bond motifs is 1. The van der Waals surface area contributed by atoms with Crippen molar-refractivity contribution < 1.29 is 8.42 Å². The molecule has 0 bridgehead atoms. The second kappa shape index (κ2) is 3.33. The average molecular weight is 249 g/mol. The summed E-state index contributed by atoms with van der Waals surface area (Å²) in [4.78, 5) is 0.426. The van der Waals surface area contributed by atoms with Crippen LogP contribution in [0.25, 0.3) is 11.1 Å². The van der Waals surface area contributed by atoms with Crippen molar-refractivity contribution in [3.05, 3.63) is 30.0 Å². The zero-order valence-corrected chi connectivity index (χ0v) is 9.79. The number of nitrogens with zero attached hydrogens (tertiary/aromatic N) is 1. The minimum Gasteiger partial charge on any atom is -0.384 e. The summed E-state index contributed by atoms with van der Waals surface area (Å²) in [5, 5.41) is 6.46. The van der Waals surface area contributed by atoms with Crippen molar-refractivity contribution in [1.29, 1.82) is 0 Å². The van der Waals surface area contributed by atoms with Crippen LogP contribution in [-0.4, -0.2) is 24.4 Å². The van der Waals surface area contributed by atoms with Gasteiger partial charge in [-0.15, -0.1) is 0 Å². The van der Waals surface area contributed by atoms with Gasteiger partial charge < -0.3 is 5.73 Å². The predicted molar refractivity (Wildman–Crippen MR) is 64.2 cm³/mol. The average Bonchev–Trinajstić information content (AvgIpc) is 2.84. The SMILES string of the molecule is Nc1[nH]ncc1-c1ccc2c(c1)S(=O)(=O)CC2. The molecule has 2 heterocycles. The standard InChI is InChI=1S/C11H11N3O2S/c12-11-9(6-13-14-11)8-2-1-7-3-4-17(15,16)10(7)5-8/h1-2,5-6H,3-4H2,(H3,12,13,14). The number of nitrogens with one attached hydrogen (secondary N) is 1. The van der Waals surface area contributed by atoms with Gasteiger partial charge in [-0.3, -0.25) is 5.10 Å². The van der Waals surface area contributed by atoms with Gasteiger partial charge in [-0.2, -0.15) is 5.10 Å². The normalized spacial score (nSPS) is 16.9. The number of rotatable bonds is 1. The van der Waals surface area contributed by atoms with Crippen LogP contribution in [0.4, 0.5) is 5.82 Å². The van der Waals surface area contributed by atoms with Crippen LogP contribution >= 0.6 is 0 Å². The smallest absolute Gasteiger partial charge is 0.178 e. The maximum Gasteiger partial charge on any atom is 0.178 e. The van der Waals surface area contributed by atoms with E-state index < -0.39 is 9.84 Å². The molecular formula is C11H11N3O2S. The van der Waals surface area contributed by atoms with E-state index in [0.717, 1.165) is 16.7 Å². The molecule has 0 saturated carbocycles. The number of aryl methyl sites for hydroxylation is 1. The Morgan fingerprint density at radius 3 is 2.88 bits per heavy atom. The fourth-order valence-corrected chi connectivity index (χ4v) is 3.68. The van der Waals surface area contributed by atoms with Crippen molar-refractivity contribution in [2.45, 2.75) is 11.3 Å². The van der Waals surface area contributed by atoms with Crippen molar-refractivity contribution in [2.24, 2.45) is 0 Å². The van der Waals surface area contributed by atoms with Crippen LogP contribution in [-0.2, 0) is 16.3 Å². The number of aromatic nitrogens is 2. The molecule has 6 heteroatoms. The van der Waals surface area contributed by atoms with Crippen LogP contribution in [0.3, 0.4) is 0 Å². The topological polar surface area (TPSA) is 88.8 Å². The van der Waals surface area contributed by atoms with Gasteiger partial charge in [0.1, 0.15) is 5.82 Å². The Hall–Kier alpha value is -1.82. The summed E-state index contributed by atoms with van der Waals surface area (Å²) in [6.07, 6.45) is 2.19. The highest BCUT2D eigenvalue weighted by Crippen LogP contribution is 2.32. The molecule has 1 aliphatic heterocycles. The molecule has 3 N–H and O–H groups in total. The first-order valence-corrected chi connectivity index (χ1v) is 6.88. The van der Waals surface area contributed by atoms with Crippen molar-refractivity contribution in [2.75, 3.05) is 11.5 Å². The molecule has 88 valence electrons. The van der Waals surface area contributed by atoms with Gasteiger partial charge in [-0.1, -0.05) is 12.1 Å². The Labute approximate surface area is 98.6 Å². The van der Waals surface area contributed by atoms with Gasteiger partial charge in [0.25, 0.3) is 0 Å². The van der Waals surface area contributed by atoms with Gasteiger partial charge in [0, 0.05) is 5.56 Å². The molecule has 0 spiro atoms. The van der Waals surface area contributed by atoms with E-state index in [1.165, 1.54) is 0 Å². The summed E-state index contributed by atoms with van der Waals surface area (Å²) in [7, 11) is -3.10. The molecule has 1 aliphatic rings. The first-order chi connectivity index (χ1) is 8.08. The number of hydrogen-bond acceptors (Lipinski definition) is 4. The number of nitrogens with two attached hydrogens (primary N) is 1. The molecule has 1 aromatic heterocycles. The number of aromatic amines is 1. The van der Waals surface area contributed by atoms with Gasteiger partial charge in [-0.05, 0) is 23.6 Å². The number of hydrogen-bond donors (Lipinski definition) is 2. The van der Waals surface area contributed by atoms with E-state index in [2.05, 4.69) is 10.2 Å². The van der Waals surface area contributed by atoms with Gasteiger partial charge in [0.15, 0.2) is 9.84 Å². The zero-order valence-electron chi connectivity index (χ0n) is 8.97. The zero-order chi connectivity index (χ0) is 12.0. The minimum absolute atomic E-state index is 0.201. The number of benzene rings is 1. The molecule has 0 radical (unpaired) electrons. The molecule has 0 fully saturated rings. The number of sulfone groups is 1. The third-order valence-electron chi connectivity index (χ3n) is 3.02. The lowest BCUT2D eigenvalue weighted by Gasteiger charge is -2.03. The van der Waals surface area contributed by atoms with E-state index >= 15 is 0 Å². The monoisotopic (exact) mass is 249 g/mol. The maximum atomic E-state index is 11.8. The van der Waals surface area contributed by atoms with Crippen LogP contribution in [0.1, 0.15) is 5.56 Å². The number of anilines is 1. The third-order valence-corrected chi connectivity index (χ3v) is 4.81. The van der Waals surface area contributed by atoms with Crippen LogP contribution in [0.2, 0.25) is 0 Å². The van der Waals surface area contributed by atoms with Crippen molar-refractivity contribution >= 4 is 15.7 Å². The summed E-state index contributed by atoms with van der Waals surface area (Å²) in [6, 6.07) is 5.40. The van der Waals surface area contributed by atoms with Gasteiger partial charge >= 0.3 is 0 Å². The first kappa shape index (κ1) is 10.3. The lowest BCUT2D eigenvalue weighted by Crippen LogP contribution is -1.98. The summed E-state index contributed by atoms with van der Waals surface area (Å²) < 4.78 is 23.6. The molecule has 0 aliphatic carbocycles. The quantitative estimate of drug-likeness (QED) is 0.788. The van der Waals surface area contributed by atoms with Crippen molar-refractivity contribution in [3.8, 4) is 11.1 Å². The molecule has 17 heavy (non-hydrogen) atoms. The highest BCUT2D eigenvalue weighted by Gasteiger charge is 2.26. The molecule has 0 saturated heterocycles. The summed E-state index contributed by atoms with van der Waals surface area (Å²) >= 11 is 0. The van der Waals surface area contributed by atoms with Gasteiger partial charge in [-0.25, -0.2) is 8.42 Å². The molecule has 3 rings (SSSR count). The molecule has 0 atom stereocenters. The van der Waals surface area contributed by atoms with E-state index in [-0.39, 0.29) is 5.75 Å². The fraction of sp³-hybridized carbons (Fsp3) is 0.182. The largest absolute Gasteiger partial charge is 0.384 e. The predicted octanol–water partition coefficient (Wildman–Crippen LogP) is 0.989. The Morgan fingerprint density at radius 1 is 1.35 bits per heavy atom. The Bertz CT molecular complexity index is 688. The van der Waals surface area contributed by atoms with Crippen LogP contribution in [0, 0.1) is 0 Å². The maximum absolute atomic E-state index is 11.8. The van der Waals surface area contributed by atoms with Crippen molar-refractivity contribution in [3.63, 3.8) is 0 Å². The molecule has 5 nitrogen and oxygen atoms in total. The van der Waals surface area contributed by atoms with Gasteiger partial charge in [0.05, 0.1) is 16.8 Å². The fourth-order valence-electron chi connectivity index (χ4n) is 2.10. The van der Waals surface area contributed by atoms with E-state index in [1.54, 1.807) is 12.3 Å². The van der Waals surface area contributed by atoms with Gasteiger partial charge in [0.2, 0.25) is 0 Å². The van der Waals surface area contributed by atoms with E-state index in [1.807, 2.05) is 12.1 Å². The molecule has 1 aromatic carbocycles.